The van der Waals surface area contributed by atoms with E-state index in [0.29, 0.717) is 22.7 Å². The van der Waals surface area contributed by atoms with Crippen LogP contribution in [0.15, 0.2) is 36.4 Å². The second kappa shape index (κ2) is 7.74. The summed E-state index contributed by atoms with van der Waals surface area (Å²) >= 11 is 5.72. The Balaban J connectivity index is 1.85. The number of hydrogen-bond donors (Lipinski definition) is 3. The van der Waals surface area contributed by atoms with Gasteiger partial charge in [0, 0.05) is 35.8 Å². The van der Waals surface area contributed by atoms with Crippen LogP contribution >= 0.6 is 11.6 Å². The van der Waals surface area contributed by atoms with Gasteiger partial charge in [-0.15, -0.1) is 0 Å². The van der Waals surface area contributed by atoms with Crippen LogP contribution in [0.5, 0.6) is 5.75 Å². The number of phenols is 1. The lowest BCUT2D eigenvalue weighted by Crippen LogP contribution is -2.35. The molecule has 0 radical (unpaired) electrons. The topological polar surface area (TPSA) is 78.4 Å². The van der Waals surface area contributed by atoms with Crippen molar-refractivity contribution >= 4 is 23.4 Å². The van der Waals surface area contributed by atoms with Crippen LogP contribution in [-0.2, 0) is 0 Å². The smallest absolute Gasteiger partial charge is 0.258 e. The molecule has 3 N–H and O–H groups in total. The molecular formula is C16H13ClF2N2O3. The summed E-state index contributed by atoms with van der Waals surface area (Å²) in [4.78, 5) is 23.6. The highest BCUT2D eigenvalue weighted by Crippen LogP contribution is 2.21. The first-order valence-corrected chi connectivity index (χ1v) is 7.26. The Morgan fingerprint density at radius 3 is 2.17 bits per heavy atom. The molecule has 0 saturated carbocycles. The van der Waals surface area contributed by atoms with Gasteiger partial charge in [0.25, 0.3) is 11.8 Å². The van der Waals surface area contributed by atoms with Crippen molar-refractivity contribution in [2.75, 3.05) is 13.1 Å². The van der Waals surface area contributed by atoms with E-state index in [2.05, 4.69) is 10.6 Å². The summed E-state index contributed by atoms with van der Waals surface area (Å²) in [5, 5.41) is 14.8. The number of benzene rings is 2. The van der Waals surface area contributed by atoms with Gasteiger partial charge in [-0.05, 0) is 24.3 Å². The molecule has 0 bridgehead atoms. The summed E-state index contributed by atoms with van der Waals surface area (Å²) in [6, 6.07) is 7.36. The van der Waals surface area contributed by atoms with Crippen LogP contribution < -0.4 is 10.6 Å². The van der Waals surface area contributed by atoms with Crippen molar-refractivity contribution < 1.29 is 23.5 Å². The number of carbonyl (C=O) groups is 2. The molecule has 0 atom stereocenters. The summed E-state index contributed by atoms with van der Waals surface area (Å²) in [6.07, 6.45) is 0. The number of phenolic OH excluding ortho intramolecular Hbond substituents is 1. The van der Waals surface area contributed by atoms with E-state index in [9.17, 15) is 23.5 Å². The summed E-state index contributed by atoms with van der Waals surface area (Å²) < 4.78 is 26.4. The molecule has 126 valence electrons. The highest BCUT2D eigenvalue weighted by molar-refractivity contribution is 6.30. The van der Waals surface area contributed by atoms with Crippen molar-refractivity contribution in [1.29, 1.82) is 0 Å². The van der Waals surface area contributed by atoms with E-state index >= 15 is 0 Å². The predicted octanol–water partition coefficient (Wildman–Crippen LogP) is 2.48. The van der Waals surface area contributed by atoms with Gasteiger partial charge in [-0.2, -0.15) is 0 Å². The molecule has 2 rings (SSSR count). The van der Waals surface area contributed by atoms with Gasteiger partial charge in [0.1, 0.15) is 22.9 Å². The third-order valence-electron chi connectivity index (χ3n) is 3.06. The highest BCUT2D eigenvalue weighted by atomic mass is 35.5. The molecule has 2 aromatic carbocycles. The molecule has 0 aliphatic rings. The maximum atomic E-state index is 13.5. The molecule has 5 nitrogen and oxygen atoms in total. The van der Waals surface area contributed by atoms with Gasteiger partial charge in [-0.3, -0.25) is 9.59 Å². The SMILES string of the molecule is O=C(NCCNC(=O)c1c(O)cc(F)cc1F)c1ccc(Cl)cc1. The summed E-state index contributed by atoms with van der Waals surface area (Å²) in [7, 11) is 0. The van der Waals surface area contributed by atoms with Crippen molar-refractivity contribution in [3.8, 4) is 5.75 Å². The quantitative estimate of drug-likeness (QED) is 0.722. The zero-order chi connectivity index (χ0) is 17.7. The van der Waals surface area contributed by atoms with Crippen molar-refractivity contribution in [2.45, 2.75) is 0 Å². The molecule has 0 unspecified atom stereocenters. The van der Waals surface area contributed by atoms with Crippen LogP contribution in [0.3, 0.4) is 0 Å². The molecule has 24 heavy (non-hydrogen) atoms. The summed E-state index contributed by atoms with van der Waals surface area (Å²) in [6.45, 7) is 0.0746. The van der Waals surface area contributed by atoms with Crippen LogP contribution in [0.4, 0.5) is 8.78 Å². The number of halogens is 3. The van der Waals surface area contributed by atoms with Crippen LogP contribution in [0.25, 0.3) is 0 Å². The van der Waals surface area contributed by atoms with E-state index in [-0.39, 0.29) is 19.0 Å². The number of hydrogen-bond acceptors (Lipinski definition) is 3. The predicted molar refractivity (Wildman–Crippen MR) is 84.1 cm³/mol. The number of rotatable bonds is 5. The van der Waals surface area contributed by atoms with Crippen LogP contribution in [0, 0.1) is 11.6 Å². The lowest BCUT2D eigenvalue weighted by molar-refractivity contribution is 0.0923. The standard InChI is InChI=1S/C16H13ClF2N2O3/c17-10-3-1-9(2-4-10)15(23)20-5-6-21-16(24)14-12(19)7-11(18)8-13(14)22/h1-4,7-8,22H,5-6H2,(H,20,23)(H,21,24). The fourth-order valence-corrected chi connectivity index (χ4v) is 2.05. The molecule has 0 saturated heterocycles. The van der Waals surface area contributed by atoms with Crippen LogP contribution in [0.1, 0.15) is 20.7 Å². The van der Waals surface area contributed by atoms with Gasteiger partial charge < -0.3 is 15.7 Å². The summed E-state index contributed by atoms with van der Waals surface area (Å²) in [5.41, 5.74) is -0.256. The molecule has 0 aliphatic heterocycles. The van der Waals surface area contributed by atoms with E-state index in [1.165, 1.54) is 0 Å². The van der Waals surface area contributed by atoms with E-state index < -0.39 is 28.9 Å². The van der Waals surface area contributed by atoms with Gasteiger partial charge in [0.05, 0.1) is 0 Å². The molecule has 0 aromatic heterocycles. The minimum Gasteiger partial charge on any atom is -0.507 e. The van der Waals surface area contributed by atoms with Crippen LogP contribution in [-0.4, -0.2) is 30.0 Å². The Kier molecular flexibility index (Phi) is 5.70. The molecular weight excluding hydrogens is 342 g/mol. The zero-order valence-corrected chi connectivity index (χ0v) is 13.0. The maximum Gasteiger partial charge on any atom is 0.258 e. The Bertz CT molecular complexity index is 743. The van der Waals surface area contributed by atoms with E-state index in [1.807, 2.05) is 0 Å². The lowest BCUT2D eigenvalue weighted by Gasteiger charge is -2.09. The van der Waals surface area contributed by atoms with Crippen LogP contribution in [0.2, 0.25) is 5.02 Å². The monoisotopic (exact) mass is 354 g/mol. The average Bonchev–Trinajstić information content (AvgIpc) is 2.51. The molecule has 2 aromatic rings. The van der Waals surface area contributed by atoms with Gasteiger partial charge in [-0.25, -0.2) is 8.78 Å². The first kappa shape index (κ1) is 17.7. The van der Waals surface area contributed by atoms with E-state index in [0.717, 1.165) is 0 Å². The first-order chi connectivity index (χ1) is 11.4. The van der Waals surface area contributed by atoms with E-state index in [4.69, 9.17) is 11.6 Å². The minimum atomic E-state index is -1.17. The van der Waals surface area contributed by atoms with Crippen molar-refractivity contribution in [3.63, 3.8) is 0 Å². The fourth-order valence-electron chi connectivity index (χ4n) is 1.93. The van der Waals surface area contributed by atoms with E-state index in [1.54, 1.807) is 24.3 Å². The van der Waals surface area contributed by atoms with Gasteiger partial charge >= 0.3 is 0 Å². The van der Waals surface area contributed by atoms with Gasteiger partial charge in [0.15, 0.2) is 0 Å². The fraction of sp³-hybridized carbons (Fsp3) is 0.125. The summed E-state index contributed by atoms with van der Waals surface area (Å²) in [5.74, 6) is -4.23. The van der Waals surface area contributed by atoms with Crippen molar-refractivity contribution in [2.24, 2.45) is 0 Å². The second-order valence-corrected chi connectivity index (χ2v) is 5.24. The number of amides is 2. The van der Waals surface area contributed by atoms with Gasteiger partial charge in [0.2, 0.25) is 0 Å². The van der Waals surface area contributed by atoms with Gasteiger partial charge in [-0.1, -0.05) is 11.6 Å². The third kappa shape index (κ3) is 4.42. The second-order valence-electron chi connectivity index (χ2n) is 4.80. The number of aromatic hydroxyl groups is 1. The van der Waals surface area contributed by atoms with Crippen molar-refractivity contribution in [1.82, 2.24) is 10.6 Å². The Labute approximate surface area is 141 Å². The first-order valence-electron chi connectivity index (χ1n) is 6.88. The zero-order valence-electron chi connectivity index (χ0n) is 12.3. The normalized spacial score (nSPS) is 10.3. The maximum absolute atomic E-state index is 13.5. The lowest BCUT2D eigenvalue weighted by atomic mass is 10.1. The Morgan fingerprint density at radius 2 is 1.58 bits per heavy atom. The molecule has 0 heterocycles. The third-order valence-corrected chi connectivity index (χ3v) is 3.32. The molecule has 0 fully saturated rings. The Hall–Kier alpha value is -2.67. The molecule has 0 spiro atoms. The average molecular weight is 355 g/mol. The van der Waals surface area contributed by atoms with Crippen molar-refractivity contribution in [3.05, 3.63) is 64.2 Å². The molecule has 8 heteroatoms. The molecule has 0 aliphatic carbocycles. The minimum absolute atomic E-state index is 0.00554. The number of nitrogens with one attached hydrogen (secondary N) is 2. The number of carbonyl (C=O) groups excluding carboxylic acids is 2. The molecule has 2 amide bonds. The Morgan fingerprint density at radius 1 is 1.00 bits per heavy atom. The largest absolute Gasteiger partial charge is 0.507 e. The highest BCUT2D eigenvalue weighted by Gasteiger charge is 2.18.